The number of pyridine rings is 2. The lowest BCUT2D eigenvalue weighted by molar-refractivity contribution is -0.303. The minimum atomic E-state index is -1.61. The maximum atomic E-state index is 11.7. The number of methoxy groups -OCH3 is 3. The van der Waals surface area contributed by atoms with Gasteiger partial charge in [0.05, 0.1) is 114 Å². The van der Waals surface area contributed by atoms with Gasteiger partial charge in [0.2, 0.25) is 6.79 Å². The average Bonchev–Trinajstić information content (AvgIpc) is 1.62. The zero-order valence-electron chi connectivity index (χ0n) is 57.0. The number of aliphatic carboxylic acids is 2. The van der Waals surface area contributed by atoms with Crippen LogP contribution in [0.1, 0.15) is 86.2 Å². The Morgan fingerprint density at radius 2 is 1.47 bits per heavy atom. The van der Waals surface area contributed by atoms with Crippen LogP contribution >= 0.6 is 35.2 Å². The lowest BCUT2D eigenvalue weighted by atomic mass is 10.0. The van der Waals surface area contributed by atoms with Gasteiger partial charge in [0, 0.05) is 52.2 Å². The fourth-order valence-corrected chi connectivity index (χ4v) is 12.0. The zero-order valence-corrected chi connectivity index (χ0v) is 59.4. The molecule has 0 bridgehead atoms. The van der Waals surface area contributed by atoms with Crippen molar-refractivity contribution in [1.29, 1.82) is 0 Å². The first-order valence-corrected chi connectivity index (χ1v) is 33.3. The summed E-state index contributed by atoms with van der Waals surface area (Å²) in [6.45, 7) is 5.84. The summed E-state index contributed by atoms with van der Waals surface area (Å²) < 4.78 is 35.9. The number of ether oxygens (including phenoxy) is 6. The number of carboxylic acids is 6. The van der Waals surface area contributed by atoms with Crippen molar-refractivity contribution in [3.63, 3.8) is 0 Å². The second-order valence-corrected chi connectivity index (χ2v) is 24.1. The Bertz CT molecular complexity index is 5510. The van der Waals surface area contributed by atoms with Crippen LogP contribution in [0.2, 0.25) is 5.02 Å². The van der Waals surface area contributed by atoms with E-state index in [1.54, 1.807) is 112 Å². The highest BCUT2D eigenvalue weighted by atomic mass is 35.5. The number of carbonyl (C=O) groups excluding carboxylic acids is 7. The van der Waals surface area contributed by atoms with Crippen LogP contribution in [-0.4, -0.2) is 141 Å². The smallest absolute Gasteiger partial charge is 0.334 e. The number of benzene rings is 4. The molecular weight excluding hydrogens is 1450 g/mol. The molecule has 2 N–H and O–H groups in total. The highest BCUT2D eigenvalue weighted by Crippen LogP contribution is 2.39. The van der Waals surface area contributed by atoms with E-state index in [9.17, 15) is 64.2 Å². The standard InChI is InChI=1S/C16H15N3O4.C15H11ClN2O3S.C15H12N4O2S.C13H8N4O4.C13H16O6/c1-8-17-14-11(16(20)21)7-12(19-15(14)18-8)10-6-9(22-2)4-5-13(10)23-3;1-21-13-5-4-9(7-10(13)16)18-12(14-3-2-6-22-14)8-11(17-18)15(19)20;20-14(21)12-3-1-2-10(8-12)9-19-13(17-18-15(19)22)11-4-6-16-7-5-11;18-12(19)9-4-8(16-13-14-5-15-17(9)13)7-1-2-10-11(3-7)21-6-20-10;1-3-5-7-8(13(18)19-4-2)6-9(11(14)15)10(7)12(16)17/h4-7H,1-3H3,(H,20,21)(H,17,18,19);2-8H,1H3,(H,19,20);1-8H,9H2,(H,18,22)(H,20,21);1-5H,6H2,(H,18,19);3-6H2,1-2H3,(H,14,15)(H,16,17)/p-6. The number of nitrogens with one attached hydrogen (secondary N) is 2. The van der Waals surface area contributed by atoms with E-state index in [-0.39, 0.29) is 65.7 Å². The number of carboxylic acid groups (broad SMARTS) is 6. The number of aromatic carboxylic acids is 4. The third-order valence-electron chi connectivity index (χ3n) is 15.7. The highest BCUT2D eigenvalue weighted by Gasteiger charge is 2.30. The third-order valence-corrected chi connectivity index (χ3v) is 17.2. The largest absolute Gasteiger partial charge is 0.545 e. The summed E-state index contributed by atoms with van der Waals surface area (Å²) in [7, 11) is 4.61. The van der Waals surface area contributed by atoms with Crippen molar-refractivity contribution in [1.82, 2.24) is 64.1 Å². The van der Waals surface area contributed by atoms with Gasteiger partial charge in [-0.3, -0.25) is 14.6 Å². The maximum Gasteiger partial charge on any atom is 0.334 e. The Labute approximate surface area is 619 Å². The molecule has 548 valence electrons. The van der Waals surface area contributed by atoms with E-state index in [2.05, 4.69) is 50.3 Å². The molecule has 0 saturated heterocycles. The van der Waals surface area contributed by atoms with E-state index in [1.807, 2.05) is 35.7 Å². The number of aryl methyl sites for hydroxylation is 1. The summed E-state index contributed by atoms with van der Waals surface area (Å²) in [6.07, 6.45) is 5.13. The number of aromatic amines is 2. The van der Waals surface area contributed by atoms with Gasteiger partial charge in [-0.1, -0.05) is 49.2 Å². The summed E-state index contributed by atoms with van der Waals surface area (Å²) in [6, 6.07) is 33.9. The number of thiophene rings is 1. The number of hydrogen-bond acceptors (Lipinski definition) is 29. The molecule has 32 nitrogen and oxygen atoms in total. The van der Waals surface area contributed by atoms with Gasteiger partial charge in [-0.15, -0.1) is 11.3 Å². The molecule has 4 aromatic carbocycles. The number of carbonyl (C=O) groups is 7. The number of halogens is 1. The summed E-state index contributed by atoms with van der Waals surface area (Å²) >= 11 is 12.9. The predicted octanol–water partition coefficient (Wildman–Crippen LogP) is 4.08. The molecule has 8 aromatic heterocycles. The van der Waals surface area contributed by atoms with Crippen LogP contribution in [-0.2, 0) is 25.7 Å². The number of hydrogen-bond donors (Lipinski definition) is 2. The van der Waals surface area contributed by atoms with E-state index in [1.165, 1.54) is 60.8 Å². The number of aromatic nitrogens is 13. The molecule has 0 radical (unpaired) electrons. The molecule has 0 amide bonds. The zero-order chi connectivity index (χ0) is 76.8. The first-order chi connectivity index (χ1) is 51.4. The molecule has 1 aliphatic carbocycles. The van der Waals surface area contributed by atoms with Crippen molar-refractivity contribution in [3.05, 3.63) is 211 Å². The normalized spacial score (nSPS) is 11.8. The molecule has 12 aromatic rings. The van der Waals surface area contributed by atoms with Crippen LogP contribution in [0.15, 0.2) is 168 Å². The molecule has 0 unspecified atom stereocenters. The van der Waals surface area contributed by atoms with Gasteiger partial charge in [-0.25, -0.2) is 24.4 Å². The molecule has 14 rings (SSSR count). The summed E-state index contributed by atoms with van der Waals surface area (Å²) in [4.78, 5) is 103. The van der Waals surface area contributed by atoms with Crippen LogP contribution in [0.4, 0.5) is 0 Å². The fraction of sp³-hybridized carbons (Fsp3) is 0.167. The molecule has 35 heteroatoms. The summed E-state index contributed by atoms with van der Waals surface area (Å²) in [5, 5.41) is 84.0. The van der Waals surface area contributed by atoms with Gasteiger partial charge in [0.25, 0.3) is 5.78 Å². The van der Waals surface area contributed by atoms with Gasteiger partial charge >= 0.3 is 5.97 Å². The van der Waals surface area contributed by atoms with Crippen LogP contribution < -0.4 is 54.3 Å². The first-order valence-electron chi connectivity index (χ1n) is 31.7. The molecule has 0 saturated carbocycles. The monoisotopic (exact) mass is 1510 g/mol. The van der Waals surface area contributed by atoms with Gasteiger partial charge < -0.3 is 92.8 Å². The van der Waals surface area contributed by atoms with Gasteiger partial charge in [-0.2, -0.15) is 24.8 Å². The Balaban J connectivity index is 0.000000143. The number of H-pyrrole nitrogens is 2. The van der Waals surface area contributed by atoms with Crippen LogP contribution in [0.5, 0.6) is 28.7 Å². The van der Waals surface area contributed by atoms with E-state index in [4.69, 9.17) is 52.2 Å². The van der Waals surface area contributed by atoms with Crippen molar-refractivity contribution < 1.29 is 92.6 Å². The molecule has 9 heterocycles. The first kappa shape index (κ1) is 76.2. The molecule has 1 aliphatic heterocycles. The summed E-state index contributed by atoms with van der Waals surface area (Å²) in [5.74, 6) is -4.73. The van der Waals surface area contributed by atoms with Crippen molar-refractivity contribution in [2.45, 2.75) is 46.6 Å². The minimum Gasteiger partial charge on any atom is -0.545 e. The third kappa shape index (κ3) is 17.6. The second kappa shape index (κ2) is 34.2. The lowest BCUT2D eigenvalue weighted by Crippen LogP contribution is -2.30. The van der Waals surface area contributed by atoms with Gasteiger partial charge in [0.1, 0.15) is 35.1 Å². The average molecular weight is 1510 g/mol. The van der Waals surface area contributed by atoms with E-state index < -0.39 is 52.9 Å². The van der Waals surface area contributed by atoms with E-state index in [0.29, 0.717) is 108 Å². The lowest BCUT2D eigenvalue weighted by Gasteiger charge is -2.13. The Hall–Kier alpha value is -13.5. The van der Waals surface area contributed by atoms with Crippen molar-refractivity contribution in [3.8, 4) is 78.9 Å². The fourth-order valence-electron chi connectivity index (χ4n) is 10.9. The van der Waals surface area contributed by atoms with Crippen LogP contribution in [0.3, 0.4) is 0 Å². The molecule has 107 heavy (non-hydrogen) atoms. The number of fused-ring (bicyclic) bond motifs is 3. The number of esters is 1. The Kier molecular flexibility index (Phi) is 24.4. The van der Waals surface area contributed by atoms with Crippen molar-refractivity contribution in [2.75, 3.05) is 34.7 Å². The molecule has 0 spiro atoms. The van der Waals surface area contributed by atoms with E-state index >= 15 is 0 Å². The predicted molar refractivity (Wildman–Crippen MR) is 372 cm³/mol. The molecule has 2 aliphatic rings. The Morgan fingerprint density at radius 1 is 0.710 bits per heavy atom. The molecular formula is C72H56ClN13O19S2-6. The SMILES string of the molecule is CCCC1=C(C(=O)OCC)CC(C(=O)[O-])=C1C(=O)[O-].COc1ccc(-n2nc(C(=O)[O-])cc2-c2cccs2)cc1Cl.COc1ccc(OC)c(-c2cc(C(=O)[O-])c3[nH]c(C)nc3n2)c1.O=C([O-])c1cc(-c2ccc3c(c2)OCO3)nc2ncnn12.O=C([O-])c1cccc(Cn2c(-c3ccncc3)n[nH]c2=S)c1. The van der Waals surface area contributed by atoms with Crippen molar-refractivity contribution in [2.24, 2.45) is 0 Å². The number of rotatable bonds is 20. The quantitative estimate of drug-likeness (QED) is 0.0801. The Morgan fingerprint density at radius 3 is 2.12 bits per heavy atom. The molecule has 0 fully saturated rings. The highest BCUT2D eigenvalue weighted by molar-refractivity contribution is 7.71. The number of nitrogens with zero attached hydrogens (tertiary/aromatic N) is 11. The molecule has 0 atom stereocenters. The second-order valence-electron chi connectivity index (χ2n) is 22.4. The van der Waals surface area contributed by atoms with Gasteiger partial charge in [-0.05, 0) is 157 Å². The van der Waals surface area contributed by atoms with Crippen LogP contribution in [0.25, 0.3) is 67.1 Å². The topological polar surface area (TPSA) is 462 Å². The van der Waals surface area contributed by atoms with Crippen LogP contribution in [0, 0.1) is 11.7 Å². The van der Waals surface area contributed by atoms with E-state index in [0.717, 1.165) is 20.5 Å². The maximum absolute atomic E-state index is 11.7. The minimum absolute atomic E-state index is 0.00419. The summed E-state index contributed by atoms with van der Waals surface area (Å²) in [5.41, 5.74) is 5.05. The van der Waals surface area contributed by atoms with Gasteiger partial charge in [0.15, 0.2) is 27.7 Å². The number of imidazole rings is 1. The van der Waals surface area contributed by atoms with Crippen molar-refractivity contribution >= 4 is 93.9 Å².